The SMILES string of the molecule is Cc1nccn1C(C(=O)N(C)CCCN1CCC2(CC1)OCc1cc(F)ncc12)c1ccc(F)c(F)c1. The van der Waals surface area contributed by atoms with Crippen LogP contribution in [0.15, 0.2) is 42.9 Å². The zero-order valence-corrected chi connectivity index (χ0v) is 21.0. The van der Waals surface area contributed by atoms with Crippen molar-refractivity contribution in [1.82, 2.24) is 24.3 Å². The monoisotopic (exact) mass is 513 g/mol. The highest BCUT2D eigenvalue weighted by atomic mass is 19.2. The molecule has 1 fully saturated rings. The van der Waals surface area contributed by atoms with Gasteiger partial charge in [0.2, 0.25) is 11.9 Å². The van der Waals surface area contributed by atoms with Crippen molar-refractivity contribution in [3.8, 4) is 0 Å². The minimum absolute atomic E-state index is 0.222. The van der Waals surface area contributed by atoms with E-state index in [4.69, 9.17) is 4.74 Å². The van der Waals surface area contributed by atoms with Gasteiger partial charge < -0.3 is 19.1 Å². The van der Waals surface area contributed by atoms with Gasteiger partial charge in [0, 0.05) is 50.8 Å². The number of likely N-dealkylation sites (tertiary alicyclic amines) is 1. The number of aromatic nitrogens is 3. The van der Waals surface area contributed by atoms with Crippen LogP contribution in [-0.2, 0) is 21.7 Å². The van der Waals surface area contributed by atoms with Crippen LogP contribution in [0.1, 0.15) is 47.8 Å². The van der Waals surface area contributed by atoms with Crippen molar-refractivity contribution >= 4 is 5.91 Å². The Balaban J connectivity index is 1.18. The molecule has 1 unspecified atom stereocenters. The second-order valence-corrected chi connectivity index (χ2v) is 9.86. The van der Waals surface area contributed by atoms with Crippen molar-refractivity contribution in [1.29, 1.82) is 0 Å². The Morgan fingerprint density at radius 2 is 1.95 bits per heavy atom. The van der Waals surface area contributed by atoms with Gasteiger partial charge in [-0.25, -0.2) is 18.7 Å². The number of carbonyl (C=O) groups excluding carboxylic acids is 1. The van der Waals surface area contributed by atoms with Crippen LogP contribution in [0.5, 0.6) is 0 Å². The topological polar surface area (TPSA) is 63.5 Å². The molecule has 7 nitrogen and oxygen atoms in total. The van der Waals surface area contributed by atoms with Crippen LogP contribution >= 0.6 is 0 Å². The third-order valence-corrected chi connectivity index (χ3v) is 7.59. The summed E-state index contributed by atoms with van der Waals surface area (Å²) in [7, 11) is 1.72. The number of aryl methyl sites for hydroxylation is 1. The van der Waals surface area contributed by atoms with E-state index in [2.05, 4.69) is 14.9 Å². The lowest BCUT2D eigenvalue weighted by atomic mass is 9.84. The number of likely N-dealkylation sites (N-methyl/N-ethyl adjacent to an activating group) is 1. The molecule has 3 aromatic rings. The van der Waals surface area contributed by atoms with Crippen molar-refractivity contribution in [2.45, 2.75) is 44.4 Å². The Morgan fingerprint density at radius 3 is 2.65 bits per heavy atom. The summed E-state index contributed by atoms with van der Waals surface area (Å²) in [4.78, 5) is 25.5. The van der Waals surface area contributed by atoms with Crippen molar-refractivity contribution in [3.63, 3.8) is 0 Å². The zero-order valence-electron chi connectivity index (χ0n) is 21.0. The predicted octanol–water partition coefficient (Wildman–Crippen LogP) is 3.96. The van der Waals surface area contributed by atoms with E-state index >= 15 is 0 Å². The molecule has 1 spiro atoms. The molecule has 0 saturated carbocycles. The summed E-state index contributed by atoms with van der Waals surface area (Å²) < 4.78 is 48.8. The number of benzene rings is 1. The minimum atomic E-state index is -0.992. The number of piperidine rings is 1. The molecular formula is C27H30F3N5O2. The van der Waals surface area contributed by atoms with Crippen LogP contribution < -0.4 is 0 Å². The molecule has 0 bridgehead atoms. The Kier molecular flexibility index (Phi) is 7.04. The number of carbonyl (C=O) groups is 1. The number of imidazole rings is 1. The van der Waals surface area contributed by atoms with Crippen molar-refractivity contribution < 1.29 is 22.7 Å². The fourth-order valence-electron chi connectivity index (χ4n) is 5.46. The first kappa shape index (κ1) is 25.4. The van der Waals surface area contributed by atoms with Gasteiger partial charge in [0.25, 0.3) is 0 Å². The number of halogens is 3. The number of hydrogen-bond donors (Lipinski definition) is 0. The molecule has 1 aromatic carbocycles. The highest BCUT2D eigenvalue weighted by molar-refractivity contribution is 5.83. The lowest BCUT2D eigenvalue weighted by molar-refractivity contribution is -0.132. The average Bonchev–Trinajstić information content (AvgIpc) is 3.46. The maximum Gasteiger partial charge on any atom is 0.250 e. The number of amides is 1. The molecule has 2 aliphatic rings. The molecule has 0 radical (unpaired) electrons. The van der Waals surface area contributed by atoms with Gasteiger partial charge in [0.05, 0.1) is 12.2 Å². The summed E-state index contributed by atoms with van der Waals surface area (Å²) in [5.41, 5.74) is 1.85. The number of hydrogen-bond acceptors (Lipinski definition) is 5. The van der Waals surface area contributed by atoms with E-state index in [0.717, 1.165) is 62.2 Å². The Labute approximate surface area is 213 Å². The van der Waals surface area contributed by atoms with Crippen LogP contribution in [0.2, 0.25) is 0 Å². The van der Waals surface area contributed by atoms with E-state index in [1.807, 2.05) is 0 Å². The van der Waals surface area contributed by atoms with Gasteiger partial charge in [-0.1, -0.05) is 6.07 Å². The lowest BCUT2D eigenvalue weighted by Gasteiger charge is -2.39. The number of fused-ring (bicyclic) bond motifs is 2. The Bertz CT molecular complexity index is 1290. The molecule has 0 N–H and O–H groups in total. The third-order valence-electron chi connectivity index (χ3n) is 7.59. The molecule has 5 rings (SSSR count). The van der Waals surface area contributed by atoms with E-state index in [-0.39, 0.29) is 11.5 Å². The van der Waals surface area contributed by atoms with Crippen molar-refractivity contribution in [2.75, 3.05) is 33.2 Å². The smallest absolute Gasteiger partial charge is 0.250 e. The predicted molar refractivity (Wildman–Crippen MR) is 130 cm³/mol. The van der Waals surface area contributed by atoms with Gasteiger partial charge in [0.15, 0.2) is 11.6 Å². The summed E-state index contributed by atoms with van der Waals surface area (Å²) in [5.74, 6) is -2.05. The maximum atomic E-state index is 14.0. The van der Waals surface area contributed by atoms with Crippen molar-refractivity contribution in [3.05, 3.63) is 83.0 Å². The van der Waals surface area contributed by atoms with Crippen LogP contribution in [0, 0.1) is 24.5 Å². The number of rotatable bonds is 7. The number of ether oxygens (including phenoxy) is 1. The summed E-state index contributed by atoms with van der Waals surface area (Å²) in [6.07, 6.45) is 7.23. The molecule has 0 aliphatic carbocycles. The van der Waals surface area contributed by atoms with E-state index in [0.29, 0.717) is 24.5 Å². The first-order valence-electron chi connectivity index (χ1n) is 12.5. The molecule has 37 heavy (non-hydrogen) atoms. The largest absolute Gasteiger partial charge is 0.365 e. The van der Waals surface area contributed by atoms with E-state index < -0.39 is 23.6 Å². The highest BCUT2D eigenvalue weighted by Gasteiger charge is 2.43. The van der Waals surface area contributed by atoms with Gasteiger partial charge in [-0.15, -0.1) is 0 Å². The minimum Gasteiger partial charge on any atom is -0.365 e. The van der Waals surface area contributed by atoms with Gasteiger partial charge in [-0.2, -0.15) is 4.39 Å². The van der Waals surface area contributed by atoms with Crippen LogP contribution in [0.4, 0.5) is 13.2 Å². The van der Waals surface area contributed by atoms with E-state index in [1.165, 1.54) is 12.1 Å². The Morgan fingerprint density at radius 1 is 1.16 bits per heavy atom. The summed E-state index contributed by atoms with van der Waals surface area (Å²) >= 11 is 0. The van der Waals surface area contributed by atoms with Crippen LogP contribution in [0.3, 0.4) is 0 Å². The average molecular weight is 514 g/mol. The molecule has 1 atom stereocenters. The normalized spacial score (nSPS) is 17.6. The van der Waals surface area contributed by atoms with Gasteiger partial charge >= 0.3 is 0 Å². The molecule has 2 aromatic heterocycles. The summed E-state index contributed by atoms with van der Waals surface area (Å²) in [6, 6.07) is 4.17. The second-order valence-electron chi connectivity index (χ2n) is 9.86. The van der Waals surface area contributed by atoms with E-state index in [9.17, 15) is 18.0 Å². The molecule has 10 heteroatoms. The summed E-state index contributed by atoms with van der Waals surface area (Å²) in [6.45, 7) is 5.17. The van der Waals surface area contributed by atoms with Crippen molar-refractivity contribution in [2.24, 2.45) is 0 Å². The highest BCUT2D eigenvalue weighted by Crippen LogP contribution is 2.43. The van der Waals surface area contributed by atoms with Gasteiger partial charge in [-0.05, 0) is 62.1 Å². The molecule has 196 valence electrons. The molecule has 1 saturated heterocycles. The standard InChI is InChI=1S/C27H30F3N5O2/c1-18-31-8-13-35(18)25(19-4-5-22(28)23(29)14-19)26(36)33(2)9-3-10-34-11-6-27(7-12-34)21-16-32-24(30)15-20(21)17-37-27/h4-5,8,13-16,25H,3,6-7,9-12,17H2,1-2H3. The quantitative estimate of drug-likeness (QED) is 0.448. The first-order valence-corrected chi connectivity index (χ1v) is 12.5. The third kappa shape index (κ3) is 5.00. The van der Waals surface area contributed by atoms with Crippen LogP contribution in [-0.4, -0.2) is 63.5 Å². The Hall–Kier alpha value is -3.24. The van der Waals surface area contributed by atoms with Gasteiger partial charge in [-0.3, -0.25) is 4.79 Å². The number of nitrogens with zero attached hydrogens (tertiary/aromatic N) is 5. The molecular weight excluding hydrogens is 483 g/mol. The van der Waals surface area contributed by atoms with Gasteiger partial charge in [0.1, 0.15) is 11.9 Å². The van der Waals surface area contributed by atoms with E-state index in [1.54, 1.807) is 42.0 Å². The lowest BCUT2D eigenvalue weighted by Crippen LogP contribution is -2.43. The number of pyridine rings is 1. The fourth-order valence-corrected chi connectivity index (χ4v) is 5.46. The molecule has 1 amide bonds. The molecule has 2 aliphatic heterocycles. The fraction of sp³-hybridized carbons (Fsp3) is 0.444. The second kappa shape index (κ2) is 10.3. The van der Waals surface area contributed by atoms with Crippen LogP contribution in [0.25, 0.3) is 0 Å². The maximum absolute atomic E-state index is 14.0. The first-order chi connectivity index (χ1) is 17.8. The molecule has 4 heterocycles. The summed E-state index contributed by atoms with van der Waals surface area (Å²) in [5, 5.41) is 0. The zero-order chi connectivity index (χ0) is 26.2.